The maximum atomic E-state index is 13.6. The molecule has 0 aliphatic carbocycles. The van der Waals surface area contributed by atoms with E-state index in [1.165, 1.54) is 17.4 Å². The molecule has 0 saturated carbocycles. The number of hydrogen-bond acceptors (Lipinski definition) is 5. The molecule has 4 aromatic rings. The first kappa shape index (κ1) is 11.4. The average molecular weight is 289 g/mol. The van der Waals surface area contributed by atoms with Gasteiger partial charge in [0.2, 0.25) is 4.96 Å². The first-order chi connectivity index (χ1) is 9.74. The maximum Gasteiger partial charge on any atom is 0.294 e. The number of hydrogen-bond donors (Lipinski definition) is 0. The Morgan fingerprint density at radius 1 is 1.40 bits per heavy atom. The Morgan fingerprint density at radius 3 is 3.05 bits per heavy atom. The molecule has 20 heavy (non-hydrogen) atoms. The monoisotopic (exact) mass is 289 g/mol. The number of furan rings is 1. The minimum atomic E-state index is -0.380. The maximum absolute atomic E-state index is 13.6. The van der Waals surface area contributed by atoms with Crippen molar-refractivity contribution in [3.63, 3.8) is 0 Å². The summed E-state index contributed by atoms with van der Waals surface area (Å²) in [4.78, 5) is 5.09. The molecule has 0 atom stereocenters. The van der Waals surface area contributed by atoms with E-state index >= 15 is 0 Å². The summed E-state index contributed by atoms with van der Waals surface area (Å²) in [6.07, 6.45) is 1.73. The molecule has 0 bridgehead atoms. The van der Waals surface area contributed by atoms with E-state index in [0.29, 0.717) is 27.0 Å². The molecule has 0 unspecified atom stereocenters. The fourth-order valence-corrected chi connectivity index (χ4v) is 2.74. The molecular formula is C13H8FN3O2S. The highest BCUT2D eigenvalue weighted by Gasteiger charge is 2.14. The van der Waals surface area contributed by atoms with Crippen molar-refractivity contribution in [1.29, 1.82) is 0 Å². The molecule has 5 nitrogen and oxygen atoms in total. The highest BCUT2D eigenvalue weighted by atomic mass is 32.1. The summed E-state index contributed by atoms with van der Waals surface area (Å²) in [6.45, 7) is 0. The summed E-state index contributed by atoms with van der Waals surface area (Å²) in [5.74, 6) is 0.135. The Bertz CT molecular complexity index is 893. The molecule has 0 amide bonds. The molecule has 100 valence electrons. The van der Waals surface area contributed by atoms with Crippen LogP contribution in [0.15, 0.2) is 34.9 Å². The first-order valence-corrected chi connectivity index (χ1v) is 6.65. The molecule has 3 aromatic heterocycles. The smallest absolute Gasteiger partial charge is 0.294 e. The number of imidazole rings is 1. The zero-order valence-corrected chi connectivity index (χ0v) is 11.1. The quantitative estimate of drug-likeness (QED) is 0.568. The number of aromatic nitrogens is 3. The van der Waals surface area contributed by atoms with Crippen molar-refractivity contribution in [3.05, 3.63) is 36.3 Å². The molecule has 0 radical (unpaired) electrons. The van der Waals surface area contributed by atoms with Crippen molar-refractivity contribution in [3.8, 4) is 16.6 Å². The summed E-state index contributed by atoms with van der Waals surface area (Å²) in [5.41, 5.74) is 0.853. The van der Waals surface area contributed by atoms with E-state index < -0.39 is 0 Å². The number of fused-ring (bicyclic) bond motifs is 2. The van der Waals surface area contributed by atoms with Crippen molar-refractivity contribution in [2.24, 2.45) is 0 Å². The van der Waals surface area contributed by atoms with Crippen molar-refractivity contribution in [2.45, 2.75) is 0 Å². The lowest BCUT2D eigenvalue weighted by Crippen LogP contribution is -1.84. The van der Waals surface area contributed by atoms with Gasteiger partial charge in [-0.3, -0.25) is 0 Å². The van der Waals surface area contributed by atoms with Gasteiger partial charge in [0.15, 0.2) is 17.2 Å². The van der Waals surface area contributed by atoms with E-state index in [1.54, 1.807) is 36.0 Å². The van der Waals surface area contributed by atoms with Crippen LogP contribution in [0.5, 0.6) is 5.19 Å². The lowest BCUT2D eigenvalue weighted by Gasteiger charge is -1.89. The van der Waals surface area contributed by atoms with Gasteiger partial charge in [-0.25, -0.2) is 13.9 Å². The number of benzene rings is 1. The van der Waals surface area contributed by atoms with Gasteiger partial charge in [0.05, 0.1) is 13.3 Å². The summed E-state index contributed by atoms with van der Waals surface area (Å²) in [6, 6.07) is 6.58. The van der Waals surface area contributed by atoms with Crippen LogP contribution in [0.2, 0.25) is 0 Å². The summed E-state index contributed by atoms with van der Waals surface area (Å²) in [5, 5.41) is 5.43. The molecule has 1 aromatic carbocycles. The number of methoxy groups -OCH3 is 1. The van der Waals surface area contributed by atoms with Crippen LogP contribution in [0.3, 0.4) is 0 Å². The van der Waals surface area contributed by atoms with Crippen molar-refractivity contribution < 1.29 is 13.5 Å². The molecule has 0 N–H and O–H groups in total. The normalized spacial score (nSPS) is 11.5. The van der Waals surface area contributed by atoms with Crippen molar-refractivity contribution >= 4 is 27.3 Å². The number of rotatable bonds is 2. The SMILES string of the molecule is COc1nn2cc(-c3cc4cccc(F)c4o3)nc2s1. The number of nitrogens with zero attached hydrogens (tertiary/aromatic N) is 3. The van der Waals surface area contributed by atoms with E-state index in [4.69, 9.17) is 9.15 Å². The number of halogens is 1. The third-order valence-electron chi connectivity index (χ3n) is 2.95. The zero-order chi connectivity index (χ0) is 13.7. The fourth-order valence-electron chi connectivity index (χ4n) is 2.04. The van der Waals surface area contributed by atoms with Gasteiger partial charge in [0, 0.05) is 5.39 Å². The second-order valence-corrected chi connectivity index (χ2v) is 5.11. The van der Waals surface area contributed by atoms with Crippen molar-refractivity contribution in [2.75, 3.05) is 7.11 Å². The van der Waals surface area contributed by atoms with Gasteiger partial charge in [0.25, 0.3) is 5.19 Å². The molecular weight excluding hydrogens is 281 g/mol. The second-order valence-electron chi connectivity index (χ2n) is 4.19. The third-order valence-corrected chi connectivity index (χ3v) is 3.83. The van der Waals surface area contributed by atoms with Crippen LogP contribution >= 0.6 is 11.3 Å². The first-order valence-electron chi connectivity index (χ1n) is 5.83. The molecule has 0 spiro atoms. The molecule has 0 aliphatic rings. The standard InChI is InChI=1S/C13H8FN3O2S/c1-18-13-16-17-6-9(15-12(17)20-13)10-5-7-3-2-4-8(14)11(7)19-10/h2-6H,1H3. The van der Waals surface area contributed by atoms with Gasteiger partial charge in [-0.05, 0) is 23.5 Å². The largest absolute Gasteiger partial charge is 0.472 e. The van der Waals surface area contributed by atoms with E-state index in [-0.39, 0.29) is 11.4 Å². The lowest BCUT2D eigenvalue weighted by molar-refractivity contribution is 0.405. The van der Waals surface area contributed by atoms with Gasteiger partial charge in [-0.15, -0.1) is 5.10 Å². The van der Waals surface area contributed by atoms with Crippen LogP contribution in [0, 0.1) is 5.82 Å². The van der Waals surface area contributed by atoms with Gasteiger partial charge in [-0.1, -0.05) is 12.1 Å². The van der Waals surface area contributed by atoms with Gasteiger partial charge >= 0.3 is 0 Å². The van der Waals surface area contributed by atoms with E-state index in [1.807, 2.05) is 0 Å². The summed E-state index contributed by atoms with van der Waals surface area (Å²) >= 11 is 1.33. The zero-order valence-electron chi connectivity index (χ0n) is 10.3. The topological polar surface area (TPSA) is 52.6 Å². The van der Waals surface area contributed by atoms with Crippen molar-refractivity contribution in [1.82, 2.24) is 14.6 Å². The second kappa shape index (κ2) is 4.04. The van der Waals surface area contributed by atoms with Crippen LogP contribution < -0.4 is 4.74 Å². The molecule has 0 saturated heterocycles. The van der Waals surface area contributed by atoms with Crippen LogP contribution in [0.1, 0.15) is 0 Å². The molecule has 4 rings (SSSR count). The highest BCUT2D eigenvalue weighted by molar-refractivity contribution is 7.18. The Kier molecular flexibility index (Phi) is 2.31. The van der Waals surface area contributed by atoms with Crippen LogP contribution in [0.25, 0.3) is 27.4 Å². The minimum Gasteiger partial charge on any atom is -0.472 e. The summed E-state index contributed by atoms with van der Waals surface area (Å²) in [7, 11) is 1.56. The Morgan fingerprint density at radius 2 is 2.30 bits per heavy atom. The molecule has 0 aliphatic heterocycles. The highest BCUT2D eigenvalue weighted by Crippen LogP contribution is 2.30. The fraction of sp³-hybridized carbons (Fsp3) is 0.0769. The predicted molar refractivity (Wildman–Crippen MR) is 72.6 cm³/mol. The minimum absolute atomic E-state index is 0.240. The molecule has 7 heteroatoms. The van der Waals surface area contributed by atoms with E-state index in [2.05, 4.69) is 10.1 Å². The molecule has 3 heterocycles. The Hall–Kier alpha value is -2.41. The van der Waals surface area contributed by atoms with Crippen LogP contribution in [0.4, 0.5) is 4.39 Å². The van der Waals surface area contributed by atoms with Crippen LogP contribution in [-0.4, -0.2) is 21.7 Å². The molecule has 0 fully saturated rings. The Labute approximate surface area is 116 Å². The van der Waals surface area contributed by atoms with Gasteiger partial charge in [0.1, 0.15) is 5.69 Å². The van der Waals surface area contributed by atoms with Crippen LogP contribution in [-0.2, 0) is 0 Å². The van der Waals surface area contributed by atoms with E-state index in [9.17, 15) is 4.39 Å². The predicted octanol–water partition coefficient (Wildman–Crippen LogP) is 3.35. The lowest BCUT2D eigenvalue weighted by atomic mass is 10.2. The van der Waals surface area contributed by atoms with E-state index in [0.717, 1.165) is 0 Å². The number of ether oxygens (including phenoxy) is 1. The third kappa shape index (κ3) is 1.60. The average Bonchev–Trinajstić information content (AvgIpc) is 3.09. The van der Waals surface area contributed by atoms with Gasteiger partial charge in [-0.2, -0.15) is 0 Å². The number of para-hydroxylation sites is 1. The summed E-state index contributed by atoms with van der Waals surface area (Å²) < 4.78 is 25.8. The van der Waals surface area contributed by atoms with Gasteiger partial charge < -0.3 is 9.15 Å². The Balaban J connectivity index is 1.87.